The fourth-order valence-electron chi connectivity index (χ4n) is 0. The lowest BCUT2D eigenvalue weighted by molar-refractivity contribution is 1.65. The predicted molar refractivity (Wildman–Crippen MR) is 16.2 cm³/mol. The first-order valence-corrected chi connectivity index (χ1v) is 1.49. The highest BCUT2D eigenvalue weighted by Crippen LogP contribution is 1.86. The molecule has 0 amide bonds. The molecule has 0 atom stereocenters. The van der Waals surface area contributed by atoms with Crippen LogP contribution in [0.4, 0.5) is 0 Å². The minimum Gasteiger partial charge on any atom is -0.237 e. The molecule has 0 fully saturated rings. The molecule has 0 bridgehead atoms. The van der Waals surface area contributed by atoms with Crippen LogP contribution in [0.2, 0.25) is 0 Å². The van der Waals surface area contributed by atoms with E-state index in [-0.39, 0.29) is 8.52 Å². The van der Waals surface area contributed by atoms with Crippen LogP contribution in [0.5, 0.6) is 0 Å². The zero-order valence-corrected chi connectivity index (χ0v) is 2.79. The molecule has 20 valence electrons. The Morgan fingerprint density at radius 1 is 2.00 bits per heavy atom. The minimum atomic E-state index is 0.0401. The van der Waals surface area contributed by atoms with Crippen LogP contribution < -0.4 is 0 Å². The highest BCUT2D eigenvalue weighted by Gasteiger charge is 1.44. The molecule has 0 aliphatic heterocycles. The summed E-state index contributed by atoms with van der Waals surface area (Å²) in [4.78, 5) is 0. The van der Waals surface area contributed by atoms with Gasteiger partial charge in [-0.25, -0.2) is 16.3 Å². The van der Waals surface area contributed by atoms with Gasteiger partial charge in [0.25, 0.3) is 0 Å². The van der Waals surface area contributed by atoms with Gasteiger partial charge in [-0.3, -0.25) is 0 Å². The van der Waals surface area contributed by atoms with Crippen LogP contribution in [0.25, 0.3) is 4.62 Å². The van der Waals surface area contributed by atoms with E-state index in [1.54, 1.807) is 0 Å². The second-order valence-electron chi connectivity index (χ2n) is 0.200. The van der Waals surface area contributed by atoms with Crippen molar-refractivity contribution in [2.45, 2.75) is 0 Å². The van der Waals surface area contributed by atoms with E-state index in [9.17, 15) is 0 Å². The van der Waals surface area contributed by atoms with Gasteiger partial charge in [0.15, 0.2) is 0 Å². The quantitative estimate of drug-likeness (QED) is 0.332. The Morgan fingerprint density at radius 2 is 2.25 bits per heavy atom. The number of hydrogen-bond donors (Lipinski definition) is 1. The fourth-order valence-corrected chi connectivity index (χ4v) is 0. The van der Waals surface area contributed by atoms with Gasteiger partial charge >= 0.3 is 8.52 Å². The van der Waals surface area contributed by atoms with Crippen molar-refractivity contribution in [3.05, 3.63) is 11.2 Å². The highest BCUT2D eigenvalue weighted by molar-refractivity contribution is 7.27. The first-order valence-electron chi connectivity index (χ1n) is 0.647. The molecule has 0 saturated heterocycles. The van der Waals surface area contributed by atoms with Crippen molar-refractivity contribution in [1.82, 2.24) is 0 Å². The van der Waals surface area contributed by atoms with E-state index in [2.05, 4.69) is 4.62 Å². The Labute approximate surface area is 26.0 Å². The smallest absolute Gasteiger partial charge is 0.237 e. The van der Waals surface area contributed by atoms with Crippen LogP contribution in [0.1, 0.15) is 0 Å². The van der Waals surface area contributed by atoms with Crippen molar-refractivity contribution in [3.8, 4) is 0 Å². The molecule has 0 aromatic heterocycles. The van der Waals surface area contributed by atoms with Gasteiger partial charge < -0.3 is 0 Å². The summed E-state index contributed by atoms with van der Waals surface area (Å²) in [7, 11) is 0.0401. The van der Waals surface area contributed by atoms with Crippen molar-refractivity contribution in [2.24, 2.45) is 0 Å². The first-order chi connectivity index (χ1) is 1.91. The average molecular weight is 72.0 g/mol. The molecule has 3 heteroatoms. The van der Waals surface area contributed by atoms with Gasteiger partial charge in [0.05, 0.1) is 0 Å². The van der Waals surface area contributed by atoms with Crippen molar-refractivity contribution in [2.75, 3.05) is 0 Å². The summed E-state index contributed by atoms with van der Waals surface area (Å²) >= 11 is 0. The van der Waals surface area contributed by atoms with E-state index >= 15 is 0 Å². The fraction of sp³-hybridized carbons (Fsp3) is 0. The van der Waals surface area contributed by atoms with E-state index in [4.69, 9.17) is 11.7 Å². The molecule has 2 nitrogen and oxygen atoms in total. The summed E-state index contributed by atoms with van der Waals surface area (Å²) in [6.45, 7) is 5.88. The van der Waals surface area contributed by atoms with Crippen LogP contribution >= 0.6 is 8.52 Å². The Morgan fingerprint density at radius 3 is 2.25 bits per heavy atom. The van der Waals surface area contributed by atoms with Crippen LogP contribution in [-0.4, -0.2) is 0 Å². The van der Waals surface area contributed by atoms with Crippen LogP contribution in [0, 0.1) is 11.7 Å². The monoisotopic (exact) mass is 72.0 g/mol. The van der Waals surface area contributed by atoms with Gasteiger partial charge in [-0.2, -0.15) is 0 Å². The lowest BCUT2D eigenvalue weighted by Gasteiger charge is -1.30. The largest absolute Gasteiger partial charge is 0.465 e. The lowest BCUT2D eigenvalue weighted by atomic mass is 11.9. The Balaban J connectivity index is 2.92. The topological polar surface area (TPSA) is 28.2 Å². The van der Waals surface area contributed by atoms with Crippen molar-refractivity contribution >= 4 is 8.52 Å². The number of hydrogen-bond acceptors (Lipinski definition) is 1. The third-order valence-electron chi connectivity index (χ3n) is 0.0500. The Kier molecular flexibility index (Phi) is 2.32. The standard InChI is InChI=1S/CHN2P/c1-3-4-2/h2H. The molecule has 0 radical (unpaired) electrons. The zero-order chi connectivity index (χ0) is 3.41. The third kappa shape index (κ3) is 1.59. The molecule has 0 rings (SSSR count). The van der Waals surface area contributed by atoms with Gasteiger partial charge in [-0.15, -0.1) is 0 Å². The van der Waals surface area contributed by atoms with E-state index < -0.39 is 0 Å². The summed E-state index contributed by atoms with van der Waals surface area (Å²) in [5, 5.41) is 6.07. The molecule has 4 heavy (non-hydrogen) atoms. The Bertz CT molecular complexity index is 51.5. The SMILES string of the molecule is [C-]#[N+]P=N. The molecule has 0 aliphatic carbocycles. The van der Waals surface area contributed by atoms with E-state index in [1.807, 2.05) is 0 Å². The molecular weight excluding hydrogens is 71.0 g/mol. The molecule has 0 aromatic carbocycles. The summed E-state index contributed by atoms with van der Waals surface area (Å²) in [5.41, 5.74) is 0. The molecule has 1 N–H and O–H groups in total. The Hall–Kier alpha value is -0.410. The van der Waals surface area contributed by atoms with Gasteiger partial charge in [0, 0.05) is 0 Å². The van der Waals surface area contributed by atoms with Crippen molar-refractivity contribution < 1.29 is 0 Å². The molecule has 0 aliphatic rings. The van der Waals surface area contributed by atoms with Crippen molar-refractivity contribution in [1.29, 1.82) is 5.16 Å². The summed E-state index contributed by atoms with van der Waals surface area (Å²) in [5.74, 6) is 0. The van der Waals surface area contributed by atoms with E-state index in [0.717, 1.165) is 0 Å². The summed E-state index contributed by atoms with van der Waals surface area (Å²) in [6, 6.07) is 0. The molecule has 0 unspecified atom stereocenters. The number of rotatable bonds is 0. The number of nitrogens with one attached hydrogen (secondary N) is 1. The van der Waals surface area contributed by atoms with Gasteiger partial charge in [0.1, 0.15) is 0 Å². The molecule has 0 spiro atoms. The minimum absolute atomic E-state index is 0.0401. The lowest BCUT2D eigenvalue weighted by Crippen LogP contribution is -0.878. The molecule has 0 saturated carbocycles. The maximum atomic E-state index is 6.07. The van der Waals surface area contributed by atoms with Crippen LogP contribution in [0.3, 0.4) is 0 Å². The maximum absolute atomic E-state index is 6.07. The maximum Gasteiger partial charge on any atom is 0.465 e. The first kappa shape index (κ1) is 3.59. The van der Waals surface area contributed by atoms with Gasteiger partial charge in [0.2, 0.25) is 0 Å². The predicted octanol–water partition coefficient (Wildman–Crippen LogP) is 1.53. The summed E-state index contributed by atoms with van der Waals surface area (Å²) < 4.78 is 2.62. The summed E-state index contributed by atoms with van der Waals surface area (Å²) in [6.07, 6.45) is 0. The zero-order valence-electron chi connectivity index (χ0n) is 1.89. The van der Waals surface area contributed by atoms with Gasteiger partial charge in [-0.1, -0.05) is 0 Å². The second-order valence-corrected chi connectivity index (χ2v) is 0.600. The van der Waals surface area contributed by atoms with Crippen LogP contribution in [-0.2, 0) is 0 Å². The highest BCUT2D eigenvalue weighted by atomic mass is 31.1. The average Bonchev–Trinajstić information content (AvgIpc) is 1.37. The normalized spacial score (nSPS) is 5.75. The van der Waals surface area contributed by atoms with E-state index in [1.165, 1.54) is 0 Å². The number of nitrogens with zero attached hydrogens (tertiary/aromatic N) is 1. The molecule has 0 aromatic rings. The third-order valence-corrected chi connectivity index (χ3v) is 0.150. The van der Waals surface area contributed by atoms with Crippen molar-refractivity contribution in [3.63, 3.8) is 0 Å². The second kappa shape index (κ2) is 2.59. The van der Waals surface area contributed by atoms with E-state index in [0.29, 0.717) is 0 Å². The molecular formula is CHN2P. The van der Waals surface area contributed by atoms with Crippen LogP contribution in [0.15, 0.2) is 0 Å². The van der Waals surface area contributed by atoms with Gasteiger partial charge in [-0.05, 0) is 0 Å². The molecule has 0 heterocycles.